The fourth-order valence-corrected chi connectivity index (χ4v) is 0.344. The summed E-state index contributed by atoms with van der Waals surface area (Å²) in [6, 6.07) is 0.164. The van der Waals surface area contributed by atoms with Crippen molar-refractivity contribution in [1.29, 1.82) is 0 Å². The van der Waals surface area contributed by atoms with Gasteiger partial charge >= 0.3 is 0 Å². The van der Waals surface area contributed by atoms with Crippen LogP contribution in [0.25, 0.3) is 0 Å². The summed E-state index contributed by atoms with van der Waals surface area (Å²) in [4.78, 5) is 0. The van der Waals surface area contributed by atoms with E-state index in [0.717, 1.165) is 0 Å². The van der Waals surface area contributed by atoms with Crippen LogP contribution in [0.5, 0.6) is 0 Å². The van der Waals surface area contributed by atoms with E-state index in [1.54, 1.807) is 0 Å². The summed E-state index contributed by atoms with van der Waals surface area (Å²) in [6.45, 7) is 10.6. The summed E-state index contributed by atoms with van der Waals surface area (Å²) in [5, 5.41) is 0. The zero-order valence-corrected chi connectivity index (χ0v) is 7.85. The van der Waals surface area contributed by atoms with Crippen molar-refractivity contribution in [3.63, 3.8) is 0 Å². The van der Waals surface area contributed by atoms with Gasteiger partial charge in [0.05, 0.1) is 12.7 Å². The van der Waals surface area contributed by atoms with Gasteiger partial charge in [-0.15, -0.1) is 0 Å². The molecular weight excluding hydrogens is 126 g/mol. The highest BCUT2D eigenvalue weighted by molar-refractivity contribution is 4.49. The molecule has 0 aliphatic rings. The van der Waals surface area contributed by atoms with E-state index in [1.807, 2.05) is 34.6 Å². The van der Waals surface area contributed by atoms with E-state index in [9.17, 15) is 0 Å². The number of hydrogen-bond donors (Lipinski definition) is 1. The summed E-state index contributed by atoms with van der Waals surface area (Å²) in [7, 11) is 0. The Bertz CT molecular complexity index is 45.2. The Morgan fingerprint density at radius 2 is 1.60 bits per heavy atom. The maximum absolute atomic E-state index is 5.42. The molecule has 0 aromatic carbocycles. The van der Waals surface area contributed by atoms with Crippen LogP contribution in [-0.2, 0) is 4.74 Å². The zero-order chi connectivity index (χ0) is 8.57. The molecule has 2 nitrogen and oxygen atoms in total. The molecule has 0 aromatic heterocycles. The quantitative estimate of drug-likeness (QED) is 0.660. The Kier molecular flexibility index (Phi) is 11.2. The topological polar surface area (TPSA) is 35.2 Å². The molecule has 0 spiro atoms. The predicted octanol–water partition coefficient (Wildman–Crippen LogP) is 1.78. The maximum Gasteiger partial charge on any atom is 0.0618 e. The lowest BCUT2D eigenvalue weighted by atomic mass is 10.4. The van der Waals surface area contributed by atoms with Crippen molar-refractivity contribution in [2.24, 2.45) is 5.73 Å². The van der Waals surface area contributed by atoms with Crippen LogP contribution < -0.4 is 5.73 Å². The van der Waals surface area contributed by atoms with Crippen molar-refractivity contribution in [2.75, 3.05) is 6.61 Å². The summed E-state index contributed by atoms with van der Waals surface area (Å²) in [5.74, 6) is 0. The zero-order valence-electron chi connectivity index (χ0n) is 7.85. The monoisotopic (exact) mass is 147 g/mol. The Labute approximate surface area is 64.8 Å². The van der Waals surface area contributed by atoms with Gasteiger partial charge in [0.2, 0.25) is 0 Å². The molecule has 2 heteroatoms. The molecular formula is C8H21NO. The molecule has 0 saturated carbocycles. The van der Waals surface area contributed by atoms with Crippen LogP contribution in [0.1, 0.15) is 34.6 Å². The number of rotatable bonds is 3. The number of ether oxygens (including phenoxy) is 1. The van der Waals surface area contributed by atoms with E-state index >= 15 is 0 Å². The van der Waals surface area contributed by atoms with Gasteiger partial charge in [0, 0.05) is 6.04 Å². The van der Waals surface area contributed by atoms with Gasteiger partial charge in [0.1, 0.15) is 0 Å². The van der Waals surface area contributed by atoms with Crippen molar-refractivity contribution in [3.8, 4) is 0 Å². The van der Waals surface area contributed by atoms with Gasteiger partial charge in [-0.05, 0) is 20.8 Å². The Balaban J connectivity index is 0. The van der Waals surface area contributed by atoms with Crippen molar-refractivity contribution in [2.45, 2.75) is 46.8 Å². The molecule has 1 unspecified atom stereocenters. The van der Waals surface area contributed by atoms with Gasteiger partial charge in [0.25, 0.3) is 0 Å². The second-order valence-corrected chi connectivity index (χ2v) is 2.36. The smallest absolute Gasteiger partial charge is 0.0618 e. The second kappa shape index (κ2) is 8.92. The molecule has 0 aliphatic heterocycles. The average molecular weight is 147 g/mol. The molecule has 0 bridgehead atoms. The molecule has 0 rings (SSSR count). The third-order valence-electron chi connectivity index (χ3n) is 0.692. The van der Waals surface area contributed by atoms with Crippen molar-refractivity contribution >= 4 is 0 Å². The standard InChI is InChI=1S/C6H15NO.C2H6/c1-5(2)8-4-6(3)7;1-2/h5-6H,4,7H2,1-3H3;1-2H3. The number of nitrogens with two attached hydrogens (primary N) is 1. The van der Waals surface area contributed by atoms with Gasteiger partial charge in [-0.25, -0.2) is 0 Å². The minimum Gasteiger partial charge on any atom is -0.377 e. The van der Waals surface area contributed by atoms with Gasteiger partial charge in [0.15, 0.2) is 0 Å². The summed E-state index contributed by atoms with van der Waals surface area (Å²) >= 11 is 0. The molecule has 10 heavy (non-hydrogen) atoms. The lowest BCUT2D eigenvalue weighted by Crippen LogP contribution is -2.23. The first kappa shape index (κ1) is 12.6. The molecule has 0 radical (unpaired) electrons. The number of hydrogen-bond acceptors (Lipinski definition) is 2. The van der Waals surface area contributed by atoms with Crippen molar-refractivity contribution in [3.05, 3.63) is 0 Å². The Hall–Kier alpha value is -0.0800. The van der Waals surface area contributed by atoms with Crippen LogP contribution in [0.4, 0.5) is 0 Å². The maximum atomic E-state index is 5.42. The van der Waals surface area contributed by atoms with Crippen LogP contribution in [0.15, 0.2) is 0 Å². The van der Waals surface area contributed by atoms with Crippen LogP contribution in [0, 0.1) is 0 Å². The van der Waals surface area contributed by atoms with E-state index in [2.05, 4.69) is 0 Å². The van der Waals surface area contributed by atoms with Crippen LogP contribution in [-0.4, -0.2) is 18.8 Å². The fourth-order valence-electron chi connectivity index (χ4n) is 0.344. The predicted molar refractivity (Wildman–Crippen MR) is 46.1 cm³/mol. The highest BCUT2D eigenvalue weighted by Crippen LogP contribution is 1.87. The second-order valence-electron chi connectivity index (χ2n) is 2.36. The molecule has 1 atom stereocenters. The van der Waals surface area contributed by atoms with Crippen molar-refractivity contribution < 1.29 is 4.74 Å². The summed E-state index contributed by atoms with van der Waals surface area (Å²) < 4.78 is 5.18. The first-order chi connectivity index (χ1) is 4.63. The lowest BCUT2D eigenvalue weighted by molar-refractivity contribution is 0.0712. The minimum absolute atomic E-state index is 0.164. The summed E-state index contributed by atoms with van der Waals surface area (Å²) in [5.41, 5.74) is 5.42. The van der Waals surface area contributed by atoms with Crippen molar-refractivity contribution in [1.82, 2.24) is 0 Å². The van der Waals surface area contributed by atoms with E-state index in [0.29, 0.717) is 12.7 Å². The first-order valence-electron chi connectivity index (χ1n) is 4.00. The molecule has 64 valence electrons. The summed E-state index contributed by atoms with van der Waals surface area (Å²) in [6.07, 6.45) is 0.306. The molecule has 0 fully saturated rings. The van der Waals surface area contributed by atoms with Gasteiger partial charge < -0.3 is 10.5 Å². The van der Waals surface area contributed by atoms with E-state index < -0.39 is 0 Å². The normalized spacial score (nSPS) is 12.3. The van der Waals surface area contributed by atoms with Gasteiger partial charge in [-0.3, -0.25) is 0 Å². The third kappa shape index (κ3) is 15.7. The largest absolute Gasteiger partial charge is 0.377 e. The van der Waals surface area contributed by atoms with E-state index in [1.165, 1.54) is 0 Å². The minimum atomic E-state index is 0.164. The highest BCUT2D eigenvalue weighted by atomic mass is 16.5. The molecule has 2 N–H and O–H groups in total. The molecule has 0 aromatic rings. The molecule has 0 saturated heterocycles. The lowest BCUT2D eigenvalue weighted by Gasteiger charge is -2.08. The molecule has 0 aliphatic carbocycles. The Morgan fingerprint density at radius 3 is 1.70 bits per heavy atom. The highest BCUT2D eigenvalue weighted by Gasteiger charge is 1.94. The fraction of sp³-hybridized carbons (Fsp3) is 1.00. The third-order valence-corrected chi connectivity index (χ3v) is 0.692. The van der Waals surface area contributed by atoms with Gasteiger partial charge in [-0.2, -0.15) is 0 Å². The molecule has 0 heterocycles. The van der Waals surface area contributed by atoms with Gasteiger partial charge in [-0.1, -0.05) is 13.8 Å². The van der Waals surface area contributed by atoms with Crippen LogP contribution in [0.2, 0.25) is 0 Å². The van der Waals surface area contributed by atoms with Crippen LogP contribution in [0.3, 0.4) is 0 Å². The SMILES string of the molecule is CC.CC(N)COC(C)C. The van der Waals surface area contributed by atoms with E-state index in [4.69, 9.17) is 10.5 Å². The van der Waals surface area contributed by atoms with E-state index in [-0.39, 0.29) is 6.04 Å². The van der Waals surface area contributed by atoms with Crippen LogP contribution >= 0.6 is 0 Å². The Morgan fingerprint density at radius 1 is 1.20 bits per heavy atom. The average Bonchev–Trinajstić information content (AvgIpc) is 1.89. The first-order valence-corrected chi connectivity index (χ1v) is 4.00. The molecule has 0 amide bonds.